The van der Waals surface area contributed by atoms with Gasteiger partial charge >= 0.3 is 5.97 Å². The van der Waals surface area contributed by atoms with Crippen LogP contribution in [0.25, 0.3) is 0 Å². The summed E-state index contributed by atoms with van der Waals surface area (Å²) < 4.78 is 27.9. The number of carbonyl (C=O) groups is 1. The molecule has 0 amide bonds. The molecule has 21 heavy (non-hydrogen) atoms. The van der Waals surface area contributed by atoms with Gasteiger partial charge in [0.2, 0.25) is 15.8 Å². The van der Waals surface area contributed by atoms with Gasteiger partial charge in [-0.2, -0.15) is 0 Å². The van der Waals surface area contributed by atoms with Crippen LogP contribution in [-0.2, 0) is 16.6 Å². The monoisotopic (exact) mass is 310 g/mol. The van der Waals surface area contributed by atoms with E-state index in [1.54, 1.807) is 19.1 Å². The first-order valence-corrected chi connectivity index (χ1v) is 7.52. The lowest BCUT2D eigenvalue weighted by molar-refractivity contribution is 0.0660. The number of rotatable bonds is 5. The molecule has 0 aliphatic heterocycles. The van der Waals surface area contributed by atoms with Crippen LogP contribution >= 0.6 is 0 Å². The van der Waals surface area contributed by atoms with Crippen LogP contribution in [-0.4, -0.2) is 19.5 Å². The third-order valence-electron chi connectivity index (χ3n) is 2.92. The van der Waals surface area contributed by atoms with Gasteiger partial charge in [0, 0.05) is 5.69 Å². The Morgan fingerprint density at radius 3 is 2.62 bits per heavy atom. The summed E-state index contributed by atoms with van der Waals surface area (Å²) in [6.07, 6.45) is 0. The second-order valence-electron chi connectivity index (χ2n) is 4.40. The molecule has 0 atom stereocenters. The number of aromatic carboxylic acids is 1. The SMILES string of the molecule is Cc1c(NCc2ccc(C(=O)O)o2)cccc1S(N)(=O)=O. The molecule has 1 heterocycles. The van der Waals surface area contributed by atoms with Crippen molar-refractivity contribution in [3.63, 3.8) is 0 Å². The number of hydrogen-bond acceptors (Lipinski definition) is 5. The van der Waals surface area contributed by atoms with Gasteiger partial charge in [0.05, 0.1) is 11.4 Å². The summed E-state index contributed by atoms with van der Waals surface area (Å²) >= 11 is 0. The average molecular weight is 310 g/mol. The third kappa shape index (κ3) is 3.41. The number of furan rings is 1. The van der Waals surface area contributed by atoms with Gasteiger partial charge in [-0.1, -0.05) is 6.07 Å². The van der Waals surface area contributed by atoms with Crippen molar-refractivity contribution < 1.29 is 22.7 Å². The number of hydrogen-bond donors (Lipinski definition) is 3. The molecular weight excluding hydrogens is 296 g/mol. The second-order valence-corrected chi connectivity index (χ2v) is 5.93. The molecule has 0 unspecified atom stereocenters. The molecule has 8 heteroatoms. The van der Waals surface area contributed by atoms with E-state index in [9.17, 15) is 13.2 Å². The minimum absolute atomic E-state index is 0.0400. The van der Waals surface area contributed by atoms with E-state index in [4.69, 9.17) is 14.7 Å². The number of benzene rings is 1. The molecule has 0 aliphatic carbocycles. The molecule has 1 aromatic heterocycles. The molecule has 4 N–H and O–H groups in total. The third-order valence-corrected chi connectivity index (χ3v) is 3.97. The summed E-state index contributed by atoms with van der Waals surface area (Å²) in [7, 11) is -3.79. The fraction of sp³-hybridized carbons (Fsp3) is 0.154. The Hall–Kier alpha value is -2.32. The minimum atomic E-state index is -3.79. The van der Waals surface area contributed by atoms with Crippen molar-refractivity contribution in [1.29, 1.82) is 0 Å². The van der Waals surface area contributed by atoms with Gasteiger partial charge < -0.3 is 14.8 Å². The van der Waals surface area contributed by atoms with Gasteiger partial charge in [-0.05, 0) is 36.8 Å². The van der Waals surface area contributed by atoms with Crippen LogP contribution in [0.4, 0.5) is 5.69 Å². The molecule has 0 aliphatic rings. The molecule has 112 valence electrons. The molecule has 0 radical (unpaired) electrons. The first-order chi connectivity index (χ1) is 9.79. The summed E-state index contributed by atoms with van der Waals surface area (Å²) in [4.78, 5) is 10.7. The summed E-state index contributed by atoms with van der Waals surface area (Å²) in [5.41, 5.74) is 1.07. The van der Waals surface area contributed by atoms with Gasteiger partial charge in [-0.25, -0.2) is 18.4 Å². The number of carboxylic acids is 1. The van der Waals surface area contributed by atoms with Crippen molar-refractivity contribution in [2.75, 3.05) is 5.32 Å². The van der Waals surface area contributed by atoms with Gasteiger partial charge in [0.1, 0.15) is 5.76 Å². The predicted molar refractivity (Wildman–Crippen MR) is 75.5 cm³/mol. The van der Waals surface area contributed by atoms with Crippen LogP contribution < -0.4 is 10.5 Å². The van der Waals surface area contributed by atoms with Gasteiger partial charge in [-0.3, -0.25) is 0 Å². The lowest BCUT2D eigenvalue weighted by Gasteiger charge is -2.11. The van der Waals surface area contributed by atoms with E-state index in [0.717, 1.165) is 0 Å². The smallest absolute Gasteiger partial charge is 0.371 e. The Bertz CT molecular complexity index is 780. The molecule has 0 spiro atoms. The number of sulfonamides is 1. The predicted octanol–water partition coefficient (Wildman–Crippen LogP) is 1.55. The van der Waals surface area contributed by atoms with E-state index >= 15 is 0 Å². The summed E-state index contributed by atoms with van der Waals surface area (Å²) in [5, 5.41) is 16.9. The van der Waals surface area contributed by atoms with Crippen LogP contribution in [0.15, 0.2) is 39.6 Å². The normalized spacial score (nSPS) is 11.3. The molecule has 0 saturated heterocycles. The molecule has 0 bridgehead atoms. The van der Waals surface area contributed by atoms with E-state index in [2.05, 4.69) is 5.32 Å². The molecule has 1 aromatic carbocycles. The minimum Gasteiger partial charge on any atom is -0.475 e. The molecule has 7 nitrogen and oxygen atoms in total. The number of nitrogens with two attached hydrogens (primary N) is 1. The highest BCUT2D eigenvalue weighted by molar-refractivity contribution is 7.89. The zero-order chi connectivity index (χ0) is 15.6. The largest absolute Gasteiger partial charge is 0.475 e. The summed E-state index contributed by atoms with van der Waals surface area (Å²) in [6, 6.07) is 7.58. The van der Waals surface area contributed by atoms with Crippen molar-refractivity contribution in [1.82, 2.24) is 0 Å². The molecule has 2 rings (SSSR count). The molecule has 2 aromatic rings. The Morgan fingerprint density at radius 1 is 1.33 bits per heavy atom. The summed E-state index contributed by atoms with van der Waals surface area (Å²) in [6.45, 7) is 1.86. The molecule has 0 fully saturated rings. The number of nitrogens with one attached hydrogen (secondary N) is 1. The molecular formula is C13H14N2O5S. The maximum Gasteiger partial charge on any atom is 0.371 e. The quantitative estimate of drug-likeness (QED) is 0.770. The Kier molecular flexibility index (Phi) is 4.01. The van der Waals surface area contributed by atoms with Gasteiger partial charge in [0.25, 0.3) is 0 Å². The zero-order valence-corrected chi connectivity index (χ0v) is 12.0. The van der Waals surface area contributed by atoms with Crippen molar-refractivity contribution >= 4 is 21.7 Å². The zero-order valence-electron chi connectivity index (χ0n) is 11.2. The highest BCUT2D eigenvalue weighted by Gasteiger charge is 2.14. The maximum atomic E-state index is 11.4. The lowest BCUT2D eigenvalue weighted by Crippen LogP contribution is -2.14. The van der Waals surface area contributed by atoms with E-state index in [0.29, 0.717) is 17.0 Å². The fourth-order valence-corrected chi connectivity index (χ4v) is 2.69. The van der Waals surface area contributed by atoms with Crippen molar-refractivity contribution in [2.24, 2.45) is 5.14 Å². The van der Waals surface area contributed by atoms with E-state index in [-0.39, 0.29) is 17.2 Å². The first-order valence-electron chi connectivity index (χ1n) is 5.97. The van der Waals surface area contributed by atoms with Crippen LogP contribution in [0.5, 0.6) is 0 Å². The fourth-order valence-electron chi connectivity index (χ4n) is 1.88. The van der Waals surface area contributed by atoms with E-state index in [1.165, 1.54) is 18.2 Å². The van der Waals surface area contributed by atoms with Gasteiger partial charge in [0.15, 0.2) is 0 Å². The van der Waals surface area contributed by atoms with Crippen LogP contribution in [0.1, 0.15) is 21.9 Å². The second kappa shape index (κ2) is 5.58. The maximum absolute atomic E-state index is 11.4. The van der Waals surface area contributed by atoms with Crippen molar-refractivity contribution in [3.8, 4) is 0 Å². The molecule has 0 saturated carbocycles. The highest BCUT2D eigenvalue weighted by Crippen LogP contribution is 2.22. The summed E-state index contributed by atoms with van der Waals surface area (Å²) in [5.74, 6) is -0.872. The van der Waals surface area contributed by atoms with Gasteiger partial charge in [-0.15, -0.1) is 0 Å². The first kappa shape index (κ1) is 15.1. The van der Waals surface area contributed by atoms with E-state index in [1.807, 2.05) is 0 Å². The number of carboxylic acid groups (broad SMARTS) is 1. The lowest BCUT2D eigenvalue weighted by atomic mass is 10.2. The van der Waals surface area contributed by atoms with Crippen molar-refractivity contribution in [3.05, 3.63) is 47.4 Å². The highest BCUT2D eigenvalue weighted by atomic mass is 32.2. The Labute approximate surface area is 121 Å². The van der Waals surface area contributed by atoms with Crippen molar-refractivity contribution in [2.45, 2.75) is 18.4 Å². The van der Waals surface area contributed by atoms with E-state index < -0.39 is 16.0 Å². The number of anilines is 1. The Morgan fingerprint density at radius 2 is 2.05 bits per heavy atom. The Balaban J connectivity index is 2.18. The number of primary sulfonamides is 1. The standard InChI is InChI=1S/C13H14N2O5S/c1-8-10(3-2-4-12(8)21(14,18)19)15-7-9-5-6-11(20-9)13(16)17/h2-6,15H,7H2,1H3,(H,16,17)(H2,14,18,19). The van der Waals surface area contributed by atoms with Crippen LogP contribution in [0.2, 0.25) is 0 Å². The average Bonchev–Trinajstić information content (AvgIpc) is 2.85. The van der Waals surface area contributed by atoms with Crippen LogP contribution in [0.3, 0.4) is 0 Å². The topological polar surface area (TPSA) is 123 Å². The van der Waals surface area contributed by atoms with Crippen LogP contribution in [0, 0.1) is 6.92 Å².